The predicted octanol–water partition coefficient (Wildman–Crippen LogP) is 3.14. The fraction of sp³-hybridized carbons (Fsp3) is 0.273. The maximum Gasteiger partial charge on any atom is 0.174 e. The third kappa shape index (κ3) is 2.54. The Labute approximate surface area is 103 Å². The van der Waals surface area contributed by atoms with Crippen LogP contribution < -0.4 is 5.73 Å². The minimum atomic E-state index is 0.830. The van der Waals surface area contributed by atoms with E-state index in [9.17, 15) is 0 Å². The van der Waals surface area contributed by atoms with Crippen LogP contribution >= 0.6 is 23.3 Å². The quantitative estimate of drug-likeness (QED) is 0.851. The van der Waals surface area contributed by atoms with Crippen molar-refractivity contribution in [1.29, 1.82) is 0 Å². The topological polar surface area (TPSA) is 51.8 Å². The van der Waals surface area contributed by atoms with E-state index in [-0.39, 0.29) is 0 Å². The first kappa shape index (κ1) is 11.4. The van der Waals surface area contributed by atoms with Crippen LogP contribution in [0.25, 0.3) is 0 Å². The van der Waals surface area contributed by atoms with Gasteiger partial charge in [-0.25, -0.2) is 4.98 Å². The van der Waals surface area contributed by atoms with Crippen molar-refractivity contribution >= 4 is 29.0 Å². The molecule has 0 bridgehead atoms. The van der Waals surface area contributed by atoms with Gasteiger partial charge in [-0.3, -0.25) is 0 Å². The molecule has 0 saturated heterocycles. The zero-order valence-corrected chi connectivity index (χ0v) is 10.9. The highest BCUT2D eigenvalue weighted by atomic mass is 32.2. The van der Waals surface area contributed by atoms with Gasteiger partial charge in [-0.05, 0) is 42.2 Å². The van der Waals surface area contributed by atoms with Gasteiger partial charge in [0.2, 0.25) is 0 Å². The summed E-state index contributed by atoms with van der Waals surface area (Å²) in [5, 5.41) is 0. The Bertz CT molecular complexity index is 494. The SMILES string of the molecule is CCc1nsc(Sc2ccc(N)c(C)c2)n1. The van der Waals surface area contributed by atoms with Gasteiger partial charge in [-0.15, -0.1) is 0 Å². The van der Waals surface area contributed by atoms with Crippen LogP contribution in [0.2, 0.25) is 0 Å². The van der Waals surface area contributed by atoms with Crippen molar-refractivity contribution in [1.82, 2.24) is 9.36 Å². The molecule has 0 aliphatic rings. The summed E-state index contributed by atoms with van der Waals surface area (Å²) in [5.41, 5.74) is 7.70. The summed E-state index contributed by atoms with van der Waals surface area (Å²) in [4.78, 5) is 5.57. The fourth-order valence-corrected chi connectivity index (χ4v) is 3.01. The standard InChI is InChI=1S/C11H13N3S2/c1-3-10-13-11(16-14-10)15-8-4-5-9(12)7(2)6-8/h4-6H,3,12H2,1-2H3. The lowest BCUT2D eigenvalue weighted by Crippen LogP contribution is -1.88. The zero-order chi connectivity index (χ0) is 11.5. The number of aryl methyl sites for hydroxylation is 2. The summed E-state index contributed by atoms with van der Waals surface area (Å²) in [5.74, 6) is 0.916. The molecule has 0 unspecified atom stereocenters. The maximum atomic E-state index is 5.77. The minimum Gasteiger partial charge on any atom is -0.399 e. The Hall–Kier alpha value is -1.07. The van der Waals surface area contributed by atoms with E-state index in [0.29, 0.717) is 0 Å². The van der Waals surface area contributed by atoms with Crippen molar-refractivity contribution < 1.29 is 0 Å². The van der Waals surface area contributed by atoms with E-state index in [1.54, 1.807) is 11.8 Å². The second-order valence-corrected chi connectivity index (χ2v) is 5.52. The highest BCUT2D eigenvalue weighted by molar-refractivity contribution is 8.01. The maximum absolute atomic E-state index is 5.77. The molecule has 0 fully saturated rings. The molecule has 0 aliphatic heterocycles. The lowest BCUT2D eigenvalue weighted by Gasteiger charge is -2.02. The van der Waals surface area contributed by atoms with Crippen LogP contribution in [-0.2, 0) is 6.42 Å². The number of nitrogens with zero attached hydrogens (tertiary/aromatic N) is 2. The summed E-state index contributed by atoms with van der Waals surface area (Å²) in [6.07, 6.45) is 0.887. The summed E-state index contributed by atoms with van der Waals surface area (Å²) in [6.45, 7) is 4.07. The van der Waals surface area contributed by atoms with E-state index in [4.69, 9.17) is 5.73 Å². The molecular weight excluding hydrogens is 238 g/mol. The molecular formula is C11H13N3S2. The zero-order valence-electron chi connectivity index (χ0n) is 9.23. The first-order chi connectivity index (χ1) is 7.69. The summed E-state index contributed by atoms with van der Waals surface area (Å²) < 4.78 is 5.24. The Morgan fingerprint density at radius 3 is 2.88 bits per heavy atom. The average Bonchev–Trinajstić information content (AvgIpc) is 2.71. The molecule has 2 N–H and O–H groups in total. The van der Waals surface area contributed by atoms with Gasteiger partial charge in [-0.2, -0.15) is 4.37 Å². The molecule has 0 atom stereocenters. The number of hydrogen-bond acceptors (Lipinski definition) is 5. The number of nitrogens with two attached hydrogens (primary N) is 1. The van der Waals surface area contributed by atoms with Gasteiger partial charge in [0.05, 0.1) is 0 Å². The van der Waals surface area contributed by atoms with Crippen LogP contribution in [0.15, 0.2) is 27.4 Å². The van der Waals surface area contributed by atoms with E-state index in [1.165, 1.54) is 11.5 Å². The van der Waals surface area contributed by atoms with Gasteiger partial charge < -0.3 is 5.73 Å². The molecule has 1 aromatic heterocycles. The van der Waals surface area contributed by atoms with Crippen LogP contribution in [0.3, 0.4) is 0 Å². The van der Waals surface area contributed by atoms with Crippen LogP contribution in [-0.4, -0.2) is 9.36 Å². The first-order valence-electron chi connectivity index (χ1n) is 5.05. The summed E-state index contributed by atoms with van der Waals surface area (Å²) >= 11 is 3.09. The molecule has 3 nitrogen and oxygen atoms in total. The molecule has 0 saturated carbocycles. The third-order valence-corrected chi connectivity index (χ3v) is 3.99. The average molecular weight is 251 g/mol. The van der Waals surface area contributed by atoms with Crippen molar-refractivity contribution in [3.05, 3.63) is 29.6 Å². The monoisotopic (exact) mass is 251 g/mol. The van der Waals surface area contributed by atoms with Crippen molar-refractivity contribution in [2.45, 2.75) is 29.5 Å². The van der Waals surface area contributed by atoms with E-state index >= 15 is 0 Å². The molecule has 1 heterocycles. The van der Waals surface area contributed by atoms with Crippen LogP contribution in [0.1, 0.15) is 18.3 Å². The van der Waals surface area contributed by atoms with Crippen LogP contribution in [0.4, 0.5) is 5.69 Å². The fourth-order valence-electron chi connectivity index (χ4n) is 1.24. The van der Waals surface area contributed by atoms with Gasteiger partial charge in [0, 0.05) is 17.0 Å². The lowest BCUT2D eigenvalue weighted by molar-refractivity contribution is 0.971. The number of nitrogen functional groups attached to an aromatic ring is 1. The number of benzene rings is 1. The van der Waals surface area contributed by atoms with E-state index in [2.05, 4.69) is 22.3 Å². The molecule has 2 rings (SSSR count). The Kier molecular flexibility index (Phi) is 3.46. The van der Waals surface area contributed by atoms with Gasteiger partial charge in [0.15, 0.2) is 4.34 Å². The van der Waals surface area contributed by atoms with Crippen molar-refractivity contribution in [2.75, 3.05) is 5.73 Å². The second kappa shape index (κ2) is 4.84. The first-order valence-corrected chi connectivity index (χ1v) is 6.64. The summed E-state index contributed by atoms with van der Waals surface area (Å²) in [7, 11) is 0. The molecule has 0 radical (unpaired) electrons. The highest BCUT2D eigenvalue weighted by Gasteiger charge is 2.05. The van der Waals surface area contributed by atoms with E-state index < -0.39 is 0 Å². The largest absolute Gasteiger partial charge is 0.399 e. The number of rotatable bonds is 3. The van der Waals surface area contributed by atoms with Crippen molar-refractivity contribution in [3.8, 4) is 0 Å². The van der Waals surface area contributed by atoms with Crippen molar-refractivity contribution in [2.24, 2.45) is 0 Å². The molecule has 0 spiro atoms. The molecule has 5 heteroatoms. The third-order valence-electron chi connectivity index (χ3n) is 2.21. The van der Waals surface area contributed by atoms with Crippen molar-refractivity contribution in [3.63, 3.8) is 0 Å². The molecule has 1 aromatic carbocycles. The smallest absolute Gasteiger partial charge is 0.174 e. The lowest BCUT2D eigenvalue weighted by atomic mass is 10.2. The molecule has 0 amide bonds. The van der Waals surface area contributed by atoms with Gasteiger partial charge in [0.1, 0.15) is 5.82 Å². The number of aromatic nitrogens is 2. The Morgan fingerprint density at radius 1 is 1.44 bits per heavy atom. The minimum absolute atomic E-state index is 0.830. The Morgan fingerprint density at radius 2 is 2.25 bits per heavy atom. The van der Waals surface area contributed by atoms with Gasteiger partial charge in [0.25, 0.3) is 0 Å². The van der Waals surface area contributed by atoms with Crippen LogP contribution in [0, 0.1) is 6.92 Å². The molecule has 2 aromatic rings. The highest BCUT2D eigenvalue weighted by Crippen LogP contribution is 2.30. The number of anilines is 1. The molecule has 16 heavy (non-hydrogen) atoms. The Balaban J connectivity index is 2.17. The second-order valence-electron chi connectivity index (χ2n) is 3.45. The predicted molar refractivity (Wildman–Crippen MR) is 69.0 cm³/mol. The molecule has 0 aliphatic carbocycles. The van der Waals surface area contributed by atoms with Crippen LogP contribution in [0.5, 0.6) is 0 Å². The number of hydrogen-bond donors (Lipinski definition) is 1. The summed E-state index contributed by atoms with van der Waals surface area (Å²) in [6, 6.07) is 6.02. The van der Waals surface area contributed by atoms with Gasteiger partial charge >= 0.3 is 0 Å². The van der Waals surface area contributed by atoms with E-state index in [1.807, 2.05) is 19.1 Å². The van der Waals surface area contributed by atoms with Gasteiger partial charge in [-0.1, -0.05) is 18.7 Å². The normalized spacial score (nSPS) is 10.6. The van der Waals surface area contributed by atoms with E-state index in [0.717, 1.165) is 32.7 Å². The molecule has 84 valence electrons.